The Morgan fingerprint density at radius 2 is 2.03 bits per heavy atom. The predicted molar refractivity (Wildman–Crippen MR) is 124 cm³/mol. The van der Waals surface area contributed by atoms with Gasteiger partial charge in [0.05, 0.1) is 27.8 Å². The van der Waals surface area contributed by atoms with Crippen LogP contribution in [0.3, 0.4) is 0 Å². The number of aliphatic hydroxyl groups is 1. The number of hydrogen-bond donors (Lipinski definition) is 3. The Morgan fingerprint density at radius 3 is 2.79 bits per heavy atom. The lowest BCUT2D eigenvalue weighted by Gasteiger charge is -2.35. The van der Waals surface area contributed by atoms with E-state index in [-0.39, 0.29) is 22.7 Å². The van der Waals surface area contributed by atoms with Crippen LogP contribution in [0.4, 0.5) is 14.9 Å². The molecule has 1 aromatic heterocycles. The van der Waals surface area contributed by atoms with Gasteiger partial charge in [-0.1, -0.05) is 29.8 Å². The van der Waals surface area contributed by atoms with E-state index >= 15 is 4.39 Å². The van der Waals surface area contributed by atoms with Crippen molar-refractivity contribution in [1.82, 2.24) is 15.3 Å². The summed E-state index contributed by atoms with van der Waals surface area (Å²) in [5, 5.41) is 14.8. The SMILES string of the molecule is CNC(=O)Oc1nc2ccc(C3(O)c4c(F)cccc4C(=O)N3c3cc(Cl)ccc3C)cc2[nH]1. The van der Waals surface area contributed by atoms with E-state index in [9.17, 15) is 14.7 Å². The molecule has 0 aliphatic carbocycles. The highest BCUT2D eigenvalue weighted by atomic mass is 35.5. The average Bonchev–Trinajstić information content (AvgIpc) is 3.31. The highest BCUT2D eigenvalue weighted by Gasteiger charge is 2.53. The fraction of sp³-hybridized carbons (Fsp3) is 0.125. The normalized spacial score (nSPS) is 17.2. The van der Waals surface area contributed by atoms with E-state index in [0.29, 0.717) is 27.3 Å². The number of aromatic amines is 1. The van der Waals surface area contributed by atoms with Crippen molar-refractivity contribution in [3.63, 3.8) is 0 Å². The average molecular weight is 481 g/mol. The lowest BCUT2D eigenvalue weighted by atomic mass is 9.92. The molecule has 5 rings (SSSR count). The molecule has 0 saturated heterocycles. The molecule has 0 saturated carbocycles. The van der Waals surface area contributed by atoms with Gasteiger partial charge in [-0.25, -0.2) is 9.18 Å². The number of aromatic nitrogens is 2. The van der Waals surface area contributed by atoms with E-state index < -0.39 is 23.5 Å². The molecule has 3 N–H and O–H groups in total. The summed E-state index contributed by atoms with van der Waals surface area (Å²) in [6, 6.07) is 13.6. The van der Waals surface area contributed by atoms with Gasteiger partial charge in [-0.15, -0.1) is 0 Å². The van der Waals surface area contributed by atoms with Crippen molar-refractivity contribution in [3.05, 3.63) is 87.7 Å². The fourth-order valence-electron chi connectivity index (χ4n) is 4.21. The number of carbonyl (C=O) groups is 2. The number of ether oxygens (including phenoxy) is 1. The lowest BCUT2D eigenvalue weighted by Crippen LogP contribution is -2.45. The number of H-pyrrole nitrogens is 1. The number of anilines is 1. The van der Waals surface area contributed by atoms with Crippen molar-refractivity contribution in [2.24, 2.45) is 0 Å². The number of fused-ring (bicyclic) bond motifs is 2. The standard InChI is InChI=1S/C24H18ClFN4O4/c1-12-6-8-14(25)11-19(12)30-21(31)15-4-3-5-16(26)20(15)24(30,33)13-7-9-17-18(10-13)29-22(28-17)34-23(32)27-2/h3-11,33H,1-2H3,(H,27,32)(H,28,29). The first kappa shape index (κ1) is 21.9. The molecule has 0 spiro atoms. The summed E-state index contributed by atoms with van der Waals surface area (Å²) >= 11 is 6.21. The first-order valence-corrected chi connectivity index (χ1v) is 10.6. The molecule has 0 fully saturated rings. The van der Waals surface area contributed by atoms with E-state index in [1.807, 2.05) is 0 Å². The molecule has 1 aliphatic heterocycles. The topological polar surface area (TPSA) is 108 Å². The van der Waals surface area contributed by atoms with Crippen LogP contribution in [0, 0.1) is 12.7 Å². The van der Waals surface area contributed by atoms with Crippen molar-refractivity contribution in [2.75, 3.05) is 11.9 Å². The molecule has 0 bridgehead atoms. The van der Waals surface area contributed by atoms with Gasteiger partial charge in [0.1, 0.15) is 5.82 Å². The van der Waals surface area contributed by atoms with Crippen molar-refractivity contribution in [2.45, 2.75) is 12.6 Å². The molecule has 1 atom stereocenters. The molecule has 10 heteroatoms. The summed E-state index contributed by atoms with van der Waals surface area (Å²) in [6.45, 7) is 1.76. The summed E-state index contributed by atoms with van der Waals surface area (Å²) in [5.74, 6) is -1.31. The van der Waals surface area contributed by atoms with Crippen LogP contribution < -0.4 is 15.0 Å². The number of halogens is 2. The largest absolute Gasteiger partial charge is 0.414 e. The summed E-state index contributed by atoms with van der Waals surface area (Å²) in [5.41, 5.74) is -0.271. The van der Waals surface area contributed by atoms with Gasteiger partial charge in [0.25, 0.3) is 5.91 Å². The molecule has 2 amide bonds. The molecule has 1 unspecified atom stereocenters. The van der Waals surface area contributed by atoms with Crippen LogP contribution in [0.1, 0.15) is 27.0 Å². The summed E-state index contributed by atoms with van der Waals surface area (Å²) in [6.07, 6.45) is -0.710. The molecule has 8 nitrogen and oxygen atoms in total. The highest BCUT2D eigenvalue weighted by Crippen LogP contribution is 2.47. The Bertz CT molecular complexity index is 1490. The van der Waals surface area contributed by atoms with E-state index in [4.69, 9.17) is 16.3 Å². The molecule has 1 aliphatic rings. The van der Waals surface area contributed by atoms with Gasteiger partial charge in [-0.2, -0.15) is 4.98 Å². The zero-order valence-corrected chi connectivity index (χ0v) is 18.8. The second kappa shape index (κ2) is 7.82. The number of rotatable bonds is 3. The molecule has 3 aromatic carbocycles. The van der Waals surface area contributed by atoms with Gasteiger partial charge in [0.2, 0.25) is 5.72 Å². The van der Waals surface area contributed by atoms with Crippen molar-refractivity contribution >= 4 is 40.3 Å². The van der Waals surface area contributed by atoms with Crippen LogP contribution in [-0.4, -0.2) is 34.1 Å². The third kappa shape index (κ3) is 3.20. The zero-order valence-electron chi connectivity index (χ0n) is 18.0. The highest BCUT2D eigenvalue weighted by molar-refractivity contribution is 6.31. The minimum atomic E-state index is -2.19. The van der Waals surface area contributed by atoms with Crippen LogP contribution >= 0.6 is 11.6 Å². The molecule has 0 radical (unpaired) electrons. The maximum atomic E-state index is 15.2. The van der Waals surface area contributed by atoms with E-state index in [1.54, 1.807) is 31.2 Å². The van der Waals surface area contributed by atoms with Crippen LogP contribution in [0.25, 0.3) is 11.0 Å². The second-order valence-electron chi connectivity index (χ2n) is 7.82. The van der Waals surface area contributed by atoms with E-state index in [2.05, 4.69) is 15.3 Å². The number of nitrogens with zero attached hydrogens (tertiary/aromatic N) is 2. The van der Waals surface area contributed by atoms with Gasteiger partial charge >= 0.3 is 12.1 Å². The molecular formula is C24H18ClFN4O4. The molecule has 172 valence electrons. The quantitative estimate of drug-likeness (QED) is 0.406. The minimum Gasteiger partial charge on any atom is -0.375 e. The summed E-state index contributed by atoms with van der Waals surface area (Å²) in [4.78, 5) is 33.2. The summed E-state index contributed by atoms with van der Waals surface area (Å²) in [7, 11) is 1.41. The van der Waals surface area contributed by atoms with Gasteiger partial charge in [-0.05, 0) is 48.9 Å². The molecule has 4 aromatic rings. The van der Waals surface area contributed by atoms with Crippen LogP contribution in [0.5, 0.6) is 6.01 Å². The third-order valence-electron chi connectivity index (χ3n) is 5.79. The Hall–Kier alpha value is -3.95. The smallest absolute Gasteiger partial charge is 0.375 e. The number of amides is 2. The predicted octanol–water partition coefficient (Wildman–Crippen LogP) is 4.24. The Labute approximate surface area is 197 Å². The third-order valence-corrected chi connectivity index (χ3v) is 6.02. The number of hydrogen-bond acceptors (Lipinski definition) is 5. The number of imidazole rings is 1. The molecule has 2 heterocycles. The van der Waals surface area contributed by atoms with Crippen molar-refractivity contribution in [3.8, 4) is 6.01 Å². The van der Waals surface area contributed by atoms with Crippen LogP contribution in [-0.2, 0) is 5.72 Å². The van der Waals surface area contributed by atoms with Gasteiger partial charge in [-0.3, -0.25) is 9.69 Å². The first-order valence-electron chi connectivity index (χ1n) is 10.3. The first-order chi connectivity index (χ1) is 16.2. The van der Waals surface area contributed by atoms with E-state index in [1.165, 1.54) is 37.4 Å². The van der Waals surface area contributed by atoms with Crippen LogP contribution in [0.2, 0.25) is 5.02 Å². The molecular weight excluding hydrogens is 463 g/mol. The van der Waals surface area contributed by atoms with Crippen molar-refractivity contribution < 1.29 is 23.8 Å². The Kier molecular flexibility index (Phi) is 5.03. The summed E-state index contributed by atoms with van der Waals surface area (Å²) < 4.78 is 20.2. The second-order valence-corrected chi connectivity index (χ2v) is 8.26. The molecule has 34 heavy (non-hydrogen) atoms. The monoisotopic (exact) mass is 480 g/mol. The fourth-order valence-corrected chi connectivity index (χ4v) is 4.37. The van der Waals surface area contributed by atoms with Crippen molar-refractivity contribution in [1.29, 1.82) is 0 Å². The van der Waals surface area contributed by atoms with E-state index in [0.717, 1.165) is 4.90 Å². The lowest BCUT2D eigenvalue weighted by molar-refractivity contribution is 0.0685. The van der Waals surface area contributed by atoms with Gasteiger partial charge in [0.15, 0.2) is 0 Å². The minimum absolute atomic E-state index is 0.0372. The number of benzene rings is 3. The number of nitrogens with one attached hydrogen (secondary N) is 2. The Balaban J connectivity index is 1.74. The zero-order chi connectivity index (χ0) is 24.2. The van der Waals surface area contributed by atoms with Crippen LogP contribution in [0.15, 0.2) is 54.6 Å². The van der Waals surface area contributed by atoms with Gasteiger partial charge in [0, 0.05) is 17.6 Å². The maximum Gasteiger partial charge on any atom is 0.414 e. The van der Waals surface area contributed by atoms with Gasteiger partial charge < -0.3 is 20.1 Å². The number of carbonyl (C=O) groups excluding carboxylic acids is 2. The Morgan fingerprint density at radius 1 is 1.24 bits per heavy atom. The maximum absolute atomic E-state index is 15.2. The number of aryl methyl sites for hydroxylation is 1.